The van der Waals surface area contributed by atoms with Crippen molar-refractivity contribution in [2.24, 2.45) is 11.7 Å². The van der Waals surface area contributed by atoms with E-state index in [2.05, 4.69) is 13.8 Å². The van der Waals surface area contributed by atoms with Crippen LogP contribution in [0.15, 0.2) is 17.0 Å². The Morgan fingerprint density at radius 2 is 1.94 bits per heavy atom. The molecule has 0 aliphatic rings. The fraction of sp³-hybridized carbons (Fsp3) is 0.538. The summed E-state index contributed by atoms with van der Waals surface area (Å²) in [5.74, 6) is 1.49. The van der Waals surface area contributed by atoms with Crippen molar-refractivity contribution >= 4 is 11.8 Å². The van der Waals surface area contributed by atoms with E-state index < -0.39 is 0 Å². The molecule has 0 saturated carbocycles. The first-order chi connectivity index (χ1) is 7.41. The van der Waals surface area contributed by atoms with Gasteiger partial charge in [0.25, 0.3) is 0 Å². The van der Waals surface area contributed by atoms with Gasteiger partial charge in [-0.2, -0.15) is 0 Å². The van der Waals surface area contributed by atoms with Crippen molar-refractivity contribution in [2.75, 3.05) is 5.75 Å². The quantitative estimate of drug-likeness (QED) is 0.809. The predicted octanol–water partition coefficient (Wildman–Crippen LogP) is 3.90. The maximum Gasteiger partial charge on any atom is 0.126 e. The van der Waals surface area contributed by atoms with Gasteiger partial charge >= 0.3 is 0 Å². The zero-order valence-corrected chi connectivity index (χ0v) is 11.2. The van der Waals surface area contributed by atoms with Gasteiger partial charge in [-0.25, -0.2) is 4.39 Å². The van der Waals surface area contributed by atoms with Gasteiger partial charge in [0.2, 0.25) is 0 Å². The molecule has 0 aliphatic carbocycles. The highest BCUT2D eigenvalue weighted by Crippen LogP contribution is 2.30. The Morgan fingerprint density at radius 3 is 2.44 bits per heavy atom. The summed E-state index contributed by atoms with van der Waals surface area (Å²) in [6, 6.07) is 3.36. The first kappa shape index (κ1) is 13.5. The number of thioether (sulfide) groups is 1. The molecule has 0 heterocycles. The average molecular weight is 241 g/mol. The Hall–Kier alpha value is -0.540. The van der Waals surface area contributed by atoms with E-state index in [1.165, 1.54) is 0 Å². The lowest BCUT2D eigenvalue weighted by Gasteiger charge is -2.14. The normalized spacial score (nSPS) is 13.2. The number of aryl methyl sites for hydroxylation is 1. The summed E-state index contributed by atoms with van der Waals surface area (Å²) in [7, 11) is 0. The van der Waals surface area contributed by atoms with Gasteiger partial charge in [0.15, 0.2) is 0 Å². The van der Waals surface area contributed by atoms with Gasteiger partial charge in [0.05, 0.1) is 0 Å². The number of hydrogen-bond acceptors (Lipinski definition) is 2. The van der Waals surface area contributed by atoms with E-state index in [9.17, 15) is 4.39 Å². The molecular weight excluding hydrogens is 221 g/mol. The van der Waals surface area contributed by atoms with Crippen molar-refractivity contribution in [2.45, 2.75) is 38.6 Å². The van der Waals surface area contributed by atoms with Gasteiger partial charge in [-0.15, -0.1) is 11.8 Å². The largest absolute Gasteiger partial charge is 0.324 e. The van der Waals surface area contributed by atoms with Gasteiger partial charge in [-0.1, -0.05) is 13.8 Å². The predicted molar refractivity (Wildman–Crippen MR) is 69.3 cm³/mol. The maximum absolute atomic E-state index is 13.5. The third kappa shape index (κ3) is 3.49. The topological polar surface area (TPSA) is 26.0 Å². The first-order valence-electron chi connectivity index (χ1n) is 5.60. The lowest BCUT2D eigenvalue weighted by atomic mass is 10.1. The second-order valence-corrected chi connectivity index (χ2v) is 5.69. The Balaban J connectivity index is 3.00. The second-order valence-electron chi connectivity index (χ2n) is 4.63. The van der Waals surface area contributed by atoms with E-state index in [0.717, 1.165) is 16.2 Å². The van der Waals surface area contributed by atoms with Gasteiger partial charge in [0.1, 0.15) is 5.82 Å². The Kier molecular flexibility index (Phi) is 4.81. The Bertz CT molecular complexity index is 361. The molecule has 1 rings (SSSR count). The van der Waals surface area contributed by atoms with Crippen molar-refractivity contribution < 1.29 is 4.39 Å². The summed E-state index contributed by atoms with van der Waals surface area (Å²) in [5, 5.41) is 0. The van der Waals surface area contributed by atoms with Crippen molar-refractivity contribution in [3.05, 3.63) is 29.1 Å². The summed E-state index contributed by atoms with van der Waals surface area (Å²) in [6.45, 7) is 8.03. The number of halogens is 1. The van der Waals surface area contributed by atoms with E-state index in [-0.39, 0.29) is 11.9 Å². The van der Waals surface area contributed by atoms with Crippen LogP contribution in [0.25, 0.3) is 0 Å². The van der Waals surface area contributed by atoms with Crippen molar-refractivity contribution in [3.8, 4) is 0 Å². The lowest BCUT2D eigenvalue weighted by molar-refractivity contribution is 0.610. The van der Waals surface area contributed by atoms with Gasteiger partial charge in [0, 0.05) is 16.7 Å². The van der Waals surface area contributed by atoms with Crippen LogP contribution >= 0.6 is 11.8 Å². The van der Waals surface area contributed by atoms with Crippen molar-refractivity contribution in [3.63, 3.8) is 0 Å². The van der Waals surface area contributed by atoms with Crippen LogP contribution in [0.5, 0.6) is 0 Å². The number of hydrogen-bond donors (Lipinski definition) is 1. The molecule has 1 aromatic rings. The van der Waals surface area contributed by atoms with Crippen LogP contribution < -0.4 is 5.73 Å². The van der Waals surface area contributed by atoms with Crippen LogP contribution in [-0.4, -0.2) is 5.75 Å². The van der Waals surface area contributed by atoms with Gasteiger partial charge < -0.3 is 5.73 Å². The molecule has 0 bridgehead atoms. The summed E-state index contributed by atoms with van der Waals surface area (Å²) in [6.07, 6.45) is 0. The molecule has 0 fully saturated rings. The lowest BCUT2D eigenvalue weighted by Crippen LogP contribution is -2.08. The van der Waals surface area contributed by atoms with Crippen LogP contribution in [0, 0.1) is 18.7 Å². The van der Waals surface area contributed by atoms with E-state index in [1.807, 2.05) is 13.0 Å². The minimum absolute atomic E-state index is 0.121. The third-order valence-electron chi connectivity index (χ3n) is 2.35. The van der Waals surface area contributed by atoms with Crippen molar-refractivity contribution in [1.82, 2.24) is 0 Å². The zero-order valence-electron chi connectivity index (χ0n) is 10.4. The molecule has 0 amide bonds. The van der Waals surface area contributed by atoms with E-state index >= 15 is 0 Å². The Morgan fingerprint density at radius 1 is 1.31 bits per heavy atom. The standard InChI is InChI=1S/C13H20FNS/c1-8(2)7-16-13-5-9(3)12(14)6-11(13)10(4)15/h5-6,8,10H,7,15H2,1-4H3/t10-/m1/s1. The van der Waals surface area contributed by atoms with E-state index in [4.69, 9.17) is 5.73 Å². The first-order valence-corrected chi connectivity index (χ1v) is 6.58. The highest BCUT2D eigenvalue weighted by Gasteiger charge is 2.11. The molecule has 0 aromatic heterocycles. The molecule has 0 aliphatic heterocycles. The fourth-order valence-corrected chi connectivity index (χ4v) is 2.59. The van der Waals surface area contributed by atoms with Crippen LogP contribution in [0.4, 0.5) is 4.39 Å². The molecule has 0 spiro atoms. The zero-order chi connectivity index (χ0) is 12.3. The molecule has 2 N–H and O–H groups in total. The monoisotopic (exact) mass is 241 g/mol. The minimum Gasteiger partial charge on any atom is -0.324 e. The molecule has 0 saturated heterocycles. The highest BCUT2D eigenvalue weighted by molar-refractivity contribution is 7.99. The van der Waals surface area contributed by atoms with Crippen LogP contribution in [0.3, 0.4) is 0 Å². The van der Waals surface area contributed by atoms with Crippen molar-refractivity contribution in [1.29, 1.82) is 0 Å². The van der Waals surface area contributed by atoms with Crippen LogP contribution in [0.1, 0.15) is 37.9 Å². The summed E-state index contributed by atoms with van der Waals surface area (Å²) in [4.78, 5) is 1.11. The Labute approximate surface area is 102 Å². The summed E-state index contributed by atoms with van der Waals surface area (Å²) in [5.41, 5.74) is 7.46. The SMILES string of the molecule is Cc1cc(SCC(C)C)c([C@@H](C)N)cc1F. The molecule has 16 heavy (non-hydrogen) atoms. The van der Waals surface area contributed by atoms with Crippen LogP contribution in [0.2, 0.25) is 0 Å². The maximum atomic E-state index is 13.5. The van der Waals surface area contributed by atoms with Crippen LogP contribution in [-0.2, 0) is 0 Å². The molecule has 1 aromatic carbocycles. The van der Waals surface area contributed by atoms with Gasteiger partial charge in [-0.05, 0) is 43.0 Å². The minimum atomic E-state index is -0.166. The number of nitrogens with two attached hydrogens (primary N) is 1. The fourth-order valence-electron chi connectivity index (χ4n) is 1.41. The number of benzene rings is 1. The number of rotatable bonds is 4. The molecular formula is C13H20FNS. The third-order valence-corrected chi connectivity index (χ3v) is 3.85. The molecule has 1 nitrogen and oxygen atoms in total. The molecule has 90 valence electrons. The molecule has 3 heteroatoms. The molecule has 1 atom stereocenters. The smallest absolute Gasteiger partial charge is 0.126 e. The van der Waals surface area contributed by atoms with Gasteiger partial charge in [-0.3, -0.25) is 0 Å². The van der Waals surface area contributed by atoms with E-state index in [0.29, 0.717) is 11.5 Å². The highest BCUT2D eigenvalue weighted by atomic mass is 32.2. The van der Waals surface area contributed by atoms with E-state index in [1.54, 1.807) is 24.8 Å². The molecule has 0 radical (unpaired) electrons. The summed E-state index contributed by atoms with van der Waals surface area (Å²) >= 11 is 1.76. The average Bonchev–Trinajstić information content (AvgIpc) is 2.18. The second kappa shape index (κ2) is 5.69. The molecule has 0 unspecified atom stereocenters. The summed E-state index contributed by atoms with van der Waals surface area (Å²) < 4.78 is 13.5.